The second-order valence-electron chi connectivity index (χ2n) is 5.00. The number of carbonyl (C=O) groups is 1. The molecular formula is C17H13IN2O3S2. The third-order valence-corrected chi connectivity index (χ3v) is 5.25. The summed E-state index contributed by atoms with van der Waals surface area (Å²) >= 11 is 8.44. The summed E-state index contributed by atoms with van der Waals surface area (Å²) < 4.78 is 12.7. The van der Waals surface area contributed by atoms with Crippen molar-refractivity contribution in [2.45, 2.75) is 6.61 Å². The van der Waals surface area contributed by atoms with Crippen molar-refractivity contribution in [2.75, 3.05) is 7.11 Å². The molecule has 0 aliphatic carbocycles. The number of ether oxygens (including phenoxy) is 2. The van der Waals surface area contributed by atoms with Gasteiger partial charge in [0.25, 0.3) is 5.91 Å². The quantitative estimate of drug-likeness (QED) is 0.396. The number of hydrogen-bond donors (Lipinski definition) is 1. The molecule has 1 aromatic heterocycles. The van der Waals surface area contributed by atoms with Gasteiger partial charge in [0.15, 0.2) is 11.5 Å². The van der Waals surface area contributed by atoms with E-state index in [0.29, 0.717) is 27.3 Å². The highest BCUT2D eigenvalue weighted by Crippen LogP contribution is 2.36. The molecule has 25 heavy (non-hydrogen) atoms. The third-order valence-electron chi connectivity index (χ3n) is 3.28. The number of methoxy groups -OCH3 is 1. The molecule has 1 N–H and O–H groups in total. The Morgan fingerprint density at radius 3 is 2.88 bits per heavy atom. The lowest BCUT2D eigenvalue weighted by Gasteiger charge is -2.13. The molecule has 0 bridgehead atoms. The normalized spacial score (nSPS) is 15.4. The van der Waals surface area contributed by atoms with E-state index in [1.807, 2.05) is 30.3 Å². The summed E-state index contributed by atoms with van der Waals surface area (Å²) in [4.78, 5) is 16.6. The summed E-state index contributed by atoms with van der Waals surface area (Å²) in [5.41, 5.74) is 1.67. The average Bonchev–Trinajstić information content (AvgIpc) is 2.91. The average molecular weight is 484 g/mol. The highest BCUT2D eigenvalue weighted by molar-refractivity contribution is 14.1. The smallest absolute Gasteiger partial charge is 0.263 e. The van der Waals surface area contributed by atoms with Gasteiger partial charge in [-0.2, -0.15) is 0 Å². The molecule has 128 valence electrons. The highest BCUT2D eigenvalue weighted by atomic mass is 127. The number of halogens is 1. The molecule has 1 aliphatic rings. The van der Waals surface area contributed by atoms with Gasteiger partial charge in [-0.1, -0.05) is 30.0 Å². The van der Waals surface area contributed by atoms with Gasteiger partial charge < -0.3 is 14.8 Å². The van der Waals surface area contributed by atoms with Crippen LogP contribution in [0.5, 0.6) is 11.5 Å². The van der Waals surface area contributed by atoms with E-state index < -0.39 is 0 Å². The van der Waals surface area contributed by atoms with Gasteiger partial charge >= 0.3 is 0 Å². The van der Waals surface area contributed by atoms with Crippen LogP contribution in [0.4, 0.5) is 0 Å². The molecule has 0 radical (unpaired) electrons. The summed E-state index contributed by atoms with van der Waals surface area (Å²) in [6.07, 6.45) is 3.51. The van der Waals surface area contributed by atoms with Crippen molar-refractivity contribution >= 4 is 62.9 Å². The number of nitrogens with zero attached hydrogens (tertiary/aromatic N) is 1. The van der Waals surface area contributed by atoms with Gasteiger partial charge in [-0.25, -0.2) is 0 Å². The molecule has 2 heterocycles. The Morgan fingerprint density at radius 1 is 1.40 bits per heavy atom. The van der Waals surface area contributed by atoms with Crippen LogP contribution < -0.4 is 14.8 Å². The lowest BCUT2D eigenvalue weighted by molar-refractivity contribution is -0.115. The van der Waals surface area contributed by atoms with Crippen LogP contribution in [0.3, 0.4) is 0 Å². The van der Waals surface area contributed by atoms with Crippen molar-refractivity contribution in [3.05, 3.63) is 56.3 Å². The molecule has 1 aliphatic heterocycles. The van der Waals surface area contributed by atoms with E-state index in [0.717, 1.165) is 14.8 Å². The van der Waals surface area contributed by atoms with Gasteiger partial charge in [0.05, 0.1) is 21.3 Å². The summed E-state index contributed by atoms with van der Waals surface area (Å²) in [5.74, 6) is 1.06. The fraction of sp³-hybridized carbons (Fsp3) is 0.118. The fourth-order valence-electron chi connectivity index (χ4n) is 2.17. The molecule has 1 saturated heterocycles. The van der Waals surface area contributed by atoms with Crippen molar-refractivity contribution in [3.8, 4) is 11.5 Å². The highest BCUT2D eigenvalue weighted by Gasteiger charge is 2.22. The van der Waals surface area contributed by atoms with Crippen LogP contribution in [0.1, 0.15) is 11.3 Å². The van der Waals surface area contributed by atoms with Crippen LogP contribution >= 0.6 is 46.6 Å². The van der Waals surface area contributed by atoms with Crippen molar-refractivity contribution in [2.24, 2.45) is 0 Å². The van der Waals surface area contributed by atoms with E-state index in [1.165, 1.54) is 11.8 Å². The number of carbonyl (C=O) groups excluding carboxylic acids is 1. The van der Waals surface area contributed by atoms with Crippen LogP contribution in [0.2, 0.25) is 0 Å². The zero-order chi connectivity index (χ0) is 17.8. The SMILES string of the molecule is COc1cc(/C=C2/SC(=S)NC2=O)cc(I)c1OCc1ccccn1. The maximum atomic E-state index is 11.8. The molecular weight excluding hydrogens is 471 g/mol. The molecule has 0 spiro atoms. The number of aromatic nitrogens is 1. The van der Waals surface area contributed by atoms with E-state index in [4.69, 9.17) is 21.7 Å². The molecule has 5 nitrogen and oxygen atoms in total. The van der Waals surface area contributed by atoms with Crippen LogP contribution in [-0.2, 0) is 11.4 Å². The van der Waals surface area contributed by atoms with Crippen molar-refractivity contribution in [3.63, 3.8) is 0 Å². The first kappa shape index (κ1) is 18.2. The molecule has 1 aromatic carbocycles. The third kappa shape index (κ3) is 4.50. The molecule has 1 amide bonds. The second kappa shape index (κ2) is 8.15. The summed E-state index contributed by atoms with van der Waals surface area (Å²) in [7, 11) is 1.59. The molecule has 0 atom stereocenters. The monoisotopic (exact) mass is 484 g/mol. The Balaban J connectivity index is 1.85. The van der Waals surface area contributed by atoms with Gasteiger partial charge in [0.2, 0.25) is 0 Å². The van der Waals surface area contributed by atoms with E-state index in [-0.39, 0.29) is 5.91 Å². The van der Waals surface area contributed by atoms with Crippen LogP contribution in [0.15, 0.2) is 41.4 Å². The van der Waals surface area contributed by atoms with Crippen LogP contribution in [-0.4, -0.2) is 22.3 Å². The maximum absolute atomic E-state index is 11.8. The number of pyridine rings is 1. The maximum Gasteiger partial charge on any atom is 0.263 e. The first-order chi connectivity index (χ1) is 12.1. The predicted molar refractivity (Wildman–Crippen MR) is 111 cm³/mol. The van der Waals surface area contributed by atoms with Crippen molar-refractivity contribution in [1.82, 2.24) is 10.3 Å². The van der Waals surface area contributed by atoms with Crippen molar-refractivity contribution in [1.29, 1.82) is 0 Å². The second-order valence-corrected chi connectivity index (χ2v) is 7.88. The predicted octanol–water partition coefficient (Wildman–Crippen LogP) is 3.76. The van der Waals surface area contributed by atoms with Gasteiger partial charge in [0.1, 0.15) is 10.9 Å². The van der Waals surface area contributed by atoms with Gasteiger partial charge in [0, 0.05) is 6.20 Å². The minimum Gasteiger partial charge on any atom is -0.493 e. The minimum absolute atomic E-state index is 0.181. The number of thiocarbonyl (C=S) groups is 1. The van der Waals surface area contributed by atoms with E-state index >= 15 is 0 Å². The first-order valence-corrected chi connectivity index (χ1v) is 9.52. The van der Waals surface area contributed by atoms with Crippen LogP contribution in [0.25, 0.3) is 6.08 Å². The largest absolute Gasteiger partial charge is 0.493 e. The summed E-state index contributed by atoms with van der Waals surface area (Å²) in [6, 6.07) is 9.44. The number of benzene rings is 1. The Labute approximate surface area is 168 Å². The summed E-state index contributed by atoms with van der Waals surface area (Å²) in [5, 5.41) is 2.60. The number of hydrogen-bond acceptors (Lipinski definition) is 6. The molecule has 0 unspecified atom stereocenters. The number of nitrogens with one attached hydrogen (secondary N) is 1. The Kier molecular flexibility index (Phi) is 5.92. The zero-order valence-electron chi connectivity index (χ0n) is 13.1. The minimum atomic E-state index is -0.181. The molecule has 2 aromatic rings. The van der Waals surface area contributed by atoms with Crippen molar-refractivity contribution < 1.29 is 14.3 Å². The zero-order valence-corrected chi connectivity index (χ0v) is 16.9. The Morgan fingerprint density at radius 2 is 2.24 bits per heavy atom. The number of amides is 1. The molecule has 0 saturated carbocycles. The summed E-state index contributed by atoms with van der Waals surface area (Å²) in [6.45, 7) is 0.347. The topological polar surface area (TPSA) is 60.5 Å². The fourth-order valence-corrected chi connectivity index (χ4v) is 3.99. The van der Waals surface area contributed by atoms with Gasteiger partial charge in [-0.3, -0.25) is 9.78 Å². The number of thioether (sulfide) groups is 1. The van der Waals surface area contributed by atoms with E-state index in [9.17, 15) is 4.79 Å². The Bertz CT molecular complexity index is 856. The van der Waals surface area contributed by atoms with Gasteiger partial charge in [-0.15, -0.1) is 0 Å². The lowest BCUT2D eigenvalue weighted by Crippen LogP contribution is -2.17. The van der Waals surface area contributed by atoms with E-state index in [2.05, 4.69) is 32.9 Å². The standard InChI is InChI=1S/C17H13IN2O3S2/c1-22-13-7-10(8-14-16(21)20-17(24)25-14)6-12(18)15(13)23-9-11-4-2-3-5-19-11/h2-8H,9H2,1H3,(H,20,21,24)/b14-8+. The first-order valence-electron chi connectivity index (χ1n) is 7.22. The molecule has 8 heteroatoms. The Hall–Kier alpha value is -1.65. The van der Waals surface area contributed by atoms with Gasteiger partial charge in [-0.05, 0) is 58.5 Å². The molecule has 1 fully saturated rings. The van der Waals surface area contributed by atoms with Crippen LogP contribution in [0, 0.1) is 3.57 Å². The molecule has 3 rings (SSSR count). The van der Waals surface area contributed by atoms with E-state index in [1.54, 1.807) is 19.4 Å². The lowest BCUT2D eigenvalue weighted by atomic mass is 10.2. The number of rotatable bonds is 5.